The molecule has 1 aromatic carbocycles. The Balaban J connectivity index is 2.56. The molecule has 0 aromatic heterocycles. The van der Waals surface area contributed by atoms with Gasteiger partial charge in [-0.3, -0.25) is 4.90 Å². The van der Waals surface area contributed by atoms with Gasteiger partial charge in [0.05, 0.1) is 6.61 Å². The molecule has 100 valence electrons. The van der Waals surface area contributed by atoms with E-state index in [1.54, 1.807) is 6.07 Å². The summed E-state index contributed by atoms with van der Waals surface area (Å²) in [6, 6.07) is 4.23. The molecule has 0 unspecified atom stereocenters. The van der Waals surface area contributed by atoms with E-state index in [4.69, 9.17) is 14.8 Å². The third kappa shape index (κ3) is 4.74. The molecule has 0 bridgehead atoms. The molecule has 6 heteroatoms. The zero-order valence-corrected chi connectivity index (χ0v) is 10.8. The quantitative estimate of drug-likeness (QED) is 0.531. The topological polar surface area (TPSA) is 52.9 Å². The van der Waals surface area contributed by atoms with Gasteiger partial charge in [0.25, 0.3) is 0 Å². The molecule has 0 aliphatic carbocycles. The van der Waals surface area contributed by atoms with Gasteiger partial charge in [-0.2, -0.15) is 0 Å². The molecule has 0 heterocycles. The predicted octanol–water partition coefficient (Wildman–Crippen LogP) is -0.0262. The molecule has 0 atom stereocenters. The van der Waals surface area contributed by atoms with Crippen LogP contribution in [0.5, 0.6) is 0 Å². The lowest BCUT2D eigenvalue weighted by Crippen LogP contribution is -2.30. The van der Waals surface area contributed by atoms with Gasteiger partial charge in [0.1, 0.15) is 5.82 Å². The van der Waals surface area contributed by atoms with Crippen LogP contribution in [-0.2, 0) is 11.3 Å². The van der Waals surface area contributed by atoms with Crippen LogP contribution in [-0.4, -0.2) is 48.9 Å². The molecule has 0 spiro atoms. The van der Waals surface area contributed by atoms with Crippen molar-refractivity contribution in [2.75, 3.05) is 26.8 Å². The number of benzene rings is 1. The summed E-state index contributed by atoms with van der Waals surface area (Å²) in [4.78, 5) is 1.95. The molecule has 2 N–H and O–H groups in total. The molecule has 0 saturated carbocycles. The van der Waals surface area contributed by atoms with Crippen LogP contribution in [0.4, 0.5) is 4.39 Å². The average Bonchev–Trinajstić information content (AvgIpc) is 2.32. The van der Waals surface area contributed by atoms with Gasteiger partial charge in [0.15, 0.2) is 0 Å². The van der Waals surface area contributed by atoms with Crippen LogP contribution in [0, 0.1) is 5.82 Å². The van der Waals surface area contributed by atoms with Crippen molar-refractivity contribution < 1.29 is 19.2 Å². The van der Waals surface area contributed by atoms with Gasteiger partial charge < -0.3 is 14.8 Å². The highest BCUT2D eigenvalue weighted by molar-refractivity contribution is 6.58. The highest BCUT2D eigenvalue weighted by Gasteiger charge is 2.14. The number of hydrogen-bond donors (Lipinski definition) is 2. The Hall–Kier alpha value is -0.945. The summed E-state index contributed by atoms with van der Waals surface area (Å²) in [6.07, 6.45) is 0. The highest BCUT2D eigenvalue weighted by atomic mass is 19.1. The lowest BCUT2D eigenvalue weighted by molar-refractivity contribution is 0.120. The van der Waals surface area contributed by atoms with Crippen molar-refractivity contribution in [1.82, 2.24) is 4.90 Å². The highest BCUT2D eigenvalue weighted by Crippen LogP contribution is 2.08. The molecule has 0 aliphatic heterocycles. The van der Waals surface area contributed by atoms with Crippen LogP contribution in [0.3, 0.4) is 0 Å². The number of hydrogen-bond acceptors (Lipinski definition) is 4. The molecular formula is C12H19BFNO3. The van der Waals surface area contributed by atoms with E-state index >= 15 is 0 Å². The van der Waals surface area contributed by atoms with E-state index in [9.17, 15) is 4.39 Å². The van der Waals surface area contributed by atoms with E-state index in [0.29, 0.717) is 25.3 Å². The van der Waals surface area contributed by atoms with Gasteiger partial charge in [0, 0.05) is 25.3 Å². The van der Waals surface area contributed by atoms with E-state index in [0.717, 1.165) is 12.6 Å². The second-order valence-electron chi connectivity index (χ2n) is 4.16. The van der Waals surface area contributed by atoms with Crippen LogP contribution < -0.4 is 5.46 Å². The minimum Gasteiger partial charge on any atom is -0.423 e. The second-order valence-corrected chi connectivity index (χ2v) is 4.16. The molecule has 18 heavy (non-hydrogen) atoms. The van der Waals surface area contributed by atoms with Crippen molar-refractivity contribution in [3.05, 3.63) is 29.6 Å². The minimum atomic E-state index is -1.63. The zero-order valence-electron chi connectivity index (χ0n) is 10.8. The van der Waals surface area contributed by atoms with Crippen molar-refractivity contribution in [2.24, 2.45) is 0 Å². The lowest BCUT2D eigenvalue weighted by Gasteiger charge is -2.17. The summed E-state index contributed by atoms with van der Waals surface area (Å²) in [7, 11) is 0.247. The van der Waals surface area contributed by atoms with Crippen LogP contribution in [0.25, 0.3) is 0 Å². The Bertz CT molecular complexity index is 376. The first-order valence-corrected chi connectivity index (χ1v) is 5.95. The largest absolute Gasteiger partial charge is 0.488 e. The van der Waals surface area contributed by atoms with E-state index in [-0.39, 0.29) is 5.46 Å². The second kappa shape index (κ2) is 7.48. The fourth-order valence-electron chi connectivity index (χ4n) is 1.59. The van der Waals surface area contributed by atoms with Gasteiger partial charge in [-0.25, -0.2) is 4.39 Å². The summed E-state index contributed by atoms with van der Waals surface area (Å²) < 4.78 is 18.9. The lowest BCUT2D eigenvalue weighted by atomic mass is 9.80. The molecule has 0 radical (unpaired) electrons. The molecule has 0 fully saturated rings. The molecular weight excluding hydrogens is 236 g/mol. The summed E-state index contributed by atoms with van der Waals surface area (Å²) >= 11 is 0. The summed E-state index contributed by atoms with van der Waals surface area (Å²) in [5.74, 6) is -0.427. The van der Waals surface area contributed by atoms with Crippen molar-refractivity contribution in [3.63, 3.8) is 0 Å². The van der Waals surface area contributed by atoms with Crippen molar-refractivity contribution >= 4 is 12.6 Å². The smallest absolute Gasteiger partial charge is 0.423 e. The molecule has 0 saturated heterocycles. The fraction of sp³-hybridized carbons (Fsp3) is 0.500. The molecule has 0 amide bonds. The third-order valence-corrected chi connectivity index (χ3v) is 2.64. The molecule has 1 aromatic rings. The van der Waals surface area contributed by atoms with E-state index in [1.165, 1.54) is 6.07 Å². The summed E-state index contributed by atoms with van der Waals surface area (Å²) in [5.41, 5.74) is 0.687. The Morgan fingerprint density at radius 3 is 2.67 bits per heavy atom. The monoisotopic (exact) mass is 255 g/mol. The first-order chi connectivity index (χ1) is 8.54. The van der Waals surface area contributed by atoms with Crippen LogP contribution in [0.1, 0.15) is 12.5 Å². The van der Waals surface area contributed by atoms with Crippen molar-refractivity contribution in [3.8, 4) is 0 Å². The molecule has 0 aliphatic rings. The number of rotatable bonds is 7. The Morgan fingerprint density at radius 1 is 1.39 bits per heavy atom. The summed E-state index contributed by atoms with van der Waals surface area (Å²) in [5, 5.41) is 17.9. The number of ether oxygens (including phenoxy) is 1. The first-order valence-electron chi connectivity index (χ1n) is 5.95. The number of likely N-dealkylation sites (N-methyl/N-ethyl adjacent to an activating group) is 1. The Labute approximate surface area is 107 Å². The van der Waals surface area contributed by atoms with Crippen molar-refractivity contribution in [2.45, 2.75) is 13.5 Å². The molecule has 1 rings (SSSR count). The maximum Gasteiger partial charge on any atom is 0.488 e. The van der Waals surface area contributed by atoms with E-state index < -0.39 is 12.9 Å². The SMILES string of the molecule is CCOCCN(C)Cc1ccc(B(O)O)cc1F. The van der Waals surface area contributed by atoms with Crippen LogP contribution >= 0.6 is 0 Å². The third-order valence-electron chi connectivity index (χ3n) is 2.64. The first kappa shape index (κ1) is 15.1. The maximum atomic E-state index is 13.7. The maximum absolute atomic E-state index is 13.7. The van der Waals surface area contributed by atoms with Gasteiger partial charge in [-0.1, -0.05) is 12.1 Å². The number of halogens is 1. The fourth-order valence-corrected chi connectivity index (χ4v) is 1.59. The minimum absolute atomic E-state index is 0.160. The predicted molar refractivity (Wildman–Crippen MR) is 69.1 cm³/mol. The van der Waals surface area contributed by atoms with Gasteiger partial charge in [-0.05, 0) is 25.5 Å². The van der Waals surface area contributed by atoms with Gasteiger partial charge in [0.2, 0.25) is 0 Å². The van der Waals surface area contributed by atoms with E-state index in [1.807, 2.05) is 18.9 Å². The standard InChI is InChI=1S/C12H19BFNO3/c1-3-18-7-6-15(2)9-10-4-5-11(13(16)17)8-12(10)14/h4-5,8,16-17H,3,6-7,9H2,1-2H3. The van der Waals surface area contributed by atoms with Gasteiger partial charge in [-0.15, -0.1) is 0 Å². The van der Waals surface area contributed by atoms with Gasteiger partial charge >= 0.3 is 7.12 Å². The average molecular weight is 255 g/mol. The normalized spacial score (nSPS) is 11.0. The summed E-state index contributed by atoms with van der Waals surface area (Å²) in [6.45, 7) is 4.39. The van der Waals surface area contributed by atoms with E-state index in [2.05, 4.69) is 0 Å². The number of nitrogens with zero attached hydrogens (tertiary/aromatic N) is 1. The van der Waals surface area contributed by atoms with Crippen LogP contribution in [0.15, 0.2) is 18.2 Å². The van der Waals surface area contributed by atoms with Crippen LogP contribution in [0.2, 0.25) is 0 Å². The van der Waals surface area contributed by atoms with Crippen molar-refractivity contribution in [1.29, 1.82) is 0 Å². The zero-order chi connectivity index (χ0) is 13.5. The Kier molecular flexibility index (Phi) is 6.28. The Morgan fingerprint density at radius 2 is 2.11 bits per heavy atom. The molecule has 4 nitrogen and oxygen atoms in total.